The summed E-state index contributed by atoms with van der Waals surface area (Å²) in [6, 6.07) is 3.49. The second-order valence-corrected chi connectivity index (χ2v) is 4.10. The molecule has 2 aromatic rings. The number of hydrogen-bond acceptors (Lipinski definition) is 5. The molecule has 6 nitrogen and oxygen atoms in total. The first kappa shape index (κ1) is 12.9. The maximum atomic E-state index is 12.2. The molecule has 0 aliphatic heterocycles. The summed E-state index contributed by atoms with van der Waals surface area (Å²) in [6.45, 7) is 3.71. The molecule has 1 amide bonds. The number of anilines is 2. The number of rotatable bonds is 3. The summed E-state index contributed by atoms with van der Waals surface area (Å²) in [6.07, 6.45) is 3.16. The van der Waals surface area contributed by atoms with Gasteiger partial charge in [0.1, 0.15) is 0 Å². The van der Waals surface area contributed by atoms with Gasteiger partial charge in [0, 0.05) is 24.6 Å². The van der Waals surface area contributed by atoms with E-state index in [9.17, 15) is 4.79 Å². The Hall–Kier alpha value is -2.50. The molecule has 2 rings (SSSR count). The SMILES string of the molecule is CNc1cnccc1C(=O)Nc1nc(C)cc(C)n1. The predicted molar refractivity (Wildman–Crippen MR) is 73.2 cm³/mol. The summed E-state index contributed by atoms with van der Waals surface area (Å²) >= 11 is 0. The van der Waals surface area contributed by atoms with Crippen LogP contribution >= 0.6 is 0 Å². The first-order chi connectivity index (χ1) is 9.10. The molecule has 6 heteroatoms. The third-order valence-electron chi connectivity index (χ3n) is 2.54. The molecule has 0 saturated carbocycles. The van der Waals surface area contributed by atoms with Gasteiger partial charge in [-0.1, -0.05) is 0 Å². The molecule has 98 valence electrons. The highest BCUT2D eigenvalue weighted by molar-refractivity contribution is 6.07. The number of carbonyl (C=O) groups is 1. The summed E-state index contributed by atoms with van der Waals surface area (Å²) in [5.74, 6) is 0.0399. The Kier molecular flexibility index (Phi) is 3.70. The highest BCUT2D eigenvalue weighted by atomic mass is 16.1. The Morgan fingerprint density at radius 1 is 1.21 bits per heavy atom. The molecule has 0 atom stereocenters. The summed E-state index contributed by atoms with van der Waals surface area (Å²) in [5, 5.41) is 5.61. The van der Waals surface area contributed by atoms with E-state index in [1.165, 1.54) is 0 Å². The van der Waals surface area contributed by atoms with Gasteiger partial charge in [0.25, 0.3) is 5.91 Å². The van der Waals surface area contributed by atoms with Crippen LogP contribution < -0.4 is 10.6 Å². The van der Waals surface area contributed by atoms with Crippen molar-refractivity contribution in [3.8, 4) is 0 Å². The van der Waals surface area contributed by atoms with Crippen LogP contribution in [0.3, 0.4) is 0 Å². The lowest BCUT2D eigenvalue weighted by Gasteiger charge is -2.08. The normalized spacial score (nSPS) is 10.1. The molecule has 0 aliphatic carbocycles. The Morgan fingerprint density at radius 3 is 2.53 bits per heavy atom. The number of amides is 1. The Labute approximate surface area is 111 Å². The van der Waals surface area contributed by atoms with Gasteiger partial charge in [-0.15, -0.1) is 0 Å². The Bertz CT molecular complexity index is 591. The van der Waals surface area contributed by atoms with Crippen LogP contribution in [0.1, 0.15) is 21.7 Å². The molecule has 0 spiro atoms. The molecular weight excluding hydrogens is 242 g/mol. The van der Waals surface area contributed by atoms with Crippen molar-refractivity contribution in [1.82, 2.24) is 15.0 Å². The van der Waals surface area contributed by atoms with Crippen molar-refractivity contribution >= 4 is 17.5 Å². The minimum atomic E-state index is -0.267. The third kappa shape index (κ3) is 3.04. The monoisotopic (exact) mass is 257 g/mol. The molecule has 0 saturated heterocycles. The van der Waals surface area contributed by atoms with Gasteiger partial charge in [0.05, 0.1) is 17.4 Å². The zero-order valence-corrected chi connectivity index (χ0v) is 11.1. The summed E-state index contributed by atoms with van der Waals surface area (Å²) in [4.78, 5) is 24.5. The Morgan fingerprint density at radius 2 is 1.89 bits per heavy atom. The first-order valence-electron chi connectivity index (χ1n) is 5.85. The maximum absolute atomic E-state index is 12.2. The van der Waals surface area contributed by atoms with E-state index in [4.69, 9.17) is 0 Å². The molecule has 19 heavy (non-hydrogen) atoms. The summed E-state index contributed by atoms with van der Waals surface area (Å²) < 4.78 is 0. The predicted octanol–water partition coefficient (Wildman–Crippen LogP) is 1.78. The van der Waals surface area contributed by atoms with Crippen LogP contribution in [-0.2, 0) is 0 Å². The molecule has 0 unspecified atom stereocenters. The molecule has 0 aliphatic rings. The standard InChI is InChI=1S/C13H15N5O/c1-8-6-9(2)17-13(16-8)18-12(19)10-4-5-15-7-11(10)14-3/h4-7,14H,1-3H3,(H,16,17,18,19). The van der Waals surface area contributed by atoms with Crippen molar-refractivity contribution < 1.29 is 4.79 Å². The molecule has 0 fully saturated rings. The Balaban J connectivity index is 2.25. The number of nitrogens with one attached hydrogen (secondary N) is 2. The lowest BCUT2D eigenvalue weighted by atomic mass is 10.2. The highest BCUT2D eigenvalue weighted by Gasteiger charge is 2.12. The van der Waals surface area contributed by atoms with Crippen LogP contribution in [0.2, 0.25) is 0 Å². The first-order valence-corrected chi connectivity index (χ1v) is 5.85. The van der Waals surface area contributed by atoms with Gasteiger partial charge in [-0.05, 0) is 26.0 Å². The van der Waals surface area contributed by atoms with Gasteiger partial charge in [-0.2, -0.15) is 0 Å². The molecular formula is C13H15N5O. The molecule has 2 heterocycles. The number of nitrogens with zero attached hydrogens (tertiary/aromatic N) is 3. The number of carbonyl (C=O) groups excluding carboxylic acids is 1. The van der Waals surface area contributed by atoms with E-state index >= 15 is 0 Å². The zero-order valence-electron chi connectivity index (χ0n) is 11.1. The number of hydrogen-bond donors (Lipinski definition) is 2. The average molecular weight is 257 g/mol. The van der Waals surface area contributed by atoms with E-state index in [2.05, 4.69) is 25.6 Å². The van der Waals surface area contributed by atoms with E-state index in [0.717, 1.165) is 11.4 Å². The number of aryl methyl sites for hydroxylation is 2. The molecule has 2 aromatic heterocycles. The van der Waals surface area contributed by atoms with Crippen molar-refractivity contribution in [3.05, 3.63) is 41.5 Å². The largest absolute Gasteiger partial charge is 0.386 e. The molecule has 2 N–H and O–H groups in total. The minimum absolute atomic E-state index is 0.267. The number of pyridine rings is 1. The lowest BCUT2D eigenvalue weighted by Crippen LogP contribution is -2.16. The van der Waals surface area contributed by atoms with Crippen LogP contribution in [0.4, 0.5) is 11.6 Å². The van der Waals surface area contributed by atoms with Gasteiger partial charge >= 0.3 is 0 Å². The fourth-order valence-corrected chi connectivity index (χ4v) is 1.74. The van der Waals surface area contributed by atoms with Gasteiger partial charge in [0.2, 0.25) is 5.95 Å². The van der Waals surface area contributed by atoms with Gasteiger partial charge in [-0.25, -0.2) is 9.97 Å². The lowest BCUT2D eigenvalue weighted by molar-refractivity contribution is 0.102. The average Bonchev–Trinajstić information content (AvgIpc) is 2.37. The molecule has 0 bridgehead atoms. The van der Waals surface area contributed by atoms with E-state index in [1.54, 1.807) is 25.5 Å². The van der Waals surface area contributed by atoms with Crippen LogP contribution in [0.25, 0.3) is 0 Å². The van der Waals surface area contributed by atoms with Crippen LogP contribution in [-0.4, -0.2) is 27.9 Å². The van der Waals surface area contributed by atoms with Crippen LogP contribution in [0.15, 0.2) is 24.5 Å². The van der Waals surface area contributed by atoms with Crippen molar-refractivity contribution in [2.75, 3.05) is 17.7 Å². The van der Waals surface area contributed by atoms with Gasteiger partial charge in [0.15, 0.2) is 0 Å². The maximum Gasteiger partial charge on any atom is 0.260 e. The highest BCUT2D eigenvalue weighted by Crippen LogP contribution is 2.14. The molecule has 0 aromatic carbocycles. The van der Waals surface area contributed by atoms with Crippen LogP contribution in [0, 0.1) is 13.8 Å². The van der Waals surface area contributed by atoms with Crippen molar-refractivity contribution in [2.24, 2.45) is 0 Å². The fraction of sp³-hybridized carbons (Fsp3) is 0.231. The van der Waals surface area contributed by atoms with E-state index in [1.807, 2.05) is 19.9 Å². The topological polar surface area (TPSA) is 79.8 Å². The molecule has 0 radical (unpaired) electrons. The quantitative estimate of drug-likeness (QED) is 0.876. The smallest absolute Gasteiger partial charge is 0.260 e. The third-order valence-corrected chi connectivity index (χ3v) is 2.54. The zero-order chi connectivity index (χ0) is 13.8. The van der Waals surface area contributed by atoms with Crippen molar-refractivity contribution in [1.29, 1.82) is 0 Å². The fourth-order valence-electron chi connectivity index (χ4n) is 1.74. The van der Waals surface area contributed by atoms with Crippen molar-refractivity contribution in [2.45, 2.75) is 13.8 Å². The van der Waals surface area contributed by atoms with E-state index < -0.39 is 0 Å². The minimum Gasteiger partial charge on any atom is -0.386 e. The van der Waals surface area contributed by atoms with Gasteiger partial charge in [-0.3, -0.25) is 15.1 Å². The second kappa shape index (κ2) is 5.43. The van der Waals surface area contributed by atoms with Gasteiger partial charge < -0.3 is 5.32 Å². The number of aromatic nitrogens is 3. The van der Waals surface area contributed by atoms with Crippen LogP contribution in [0.5, 0.6) is 0 Å². The summed E-state index contributed by atoms with van der Waals surface area (Å²) in [5.41, 5.74) is 2.78. The van der Waals surface area contributed by atoms with E-state index in [-0.39, 0.29) is 5.91 Å². The van der Waals surface area contributed by atoms with E-state index in [0.29, 0.717) is 17.2 Å². The van der Waals surface area contributed by atoms with Crippen molar-refractivity contribution in [3.63, 3.8) is 0 Å². The second-order valence-electron chi connectivity index (χ2n) is 4.10. The summed E-state index contributed by atoms with van der Waals surface area (Å²) in [7, 11) is 1.74.